The van der Waals surface area contributed by atoms with Crippen LogP contribution in [0.4, 0.5) is 5.13 Å². The summed E-state index contributed by atoms with van der Waals surface area (Å²) in [4.78, 5) is 17.3. The van der Waals surface area contributed by atoms with Gasteiger partial charge in [0.1, 0.15) is 28.6 Å². The molecule has 1 amide bonds. The van der Waals surface area contributed by atoms with Gasteiger partial charge < -0.3 is 18.9 Å². The molecule has 0 fully saturated rings. The number of aromatic nitrogens is 1. The minimum Gasteiger partial charge on any atom is -0.497 e. The Hall–Kier alpha value is -2.91. The fourth-order valence-corrected chi connectivity index (χ4v) is 4.56. The number of anilines is 1. The molecule has 7 nitrogen and oxygen atoms in total. The number of thiazole rings is 1. The van der Waals surface area contributed by atoms with Crippen LogP contribution in [-0.4, -0.2) is 39.3 Å². The number of nitrogens with zero attached hydrogens (tertiary/aromatic N) is 1. The monoisotopic (exact) mass is 460 g/mol. The third-order valence-electron chi connectivity index (χ3n) is 4.36. The molecular weight excluding hydrogens is 436 g/mol. The minimum atomic E-state index is -0.327. The Balaban J connectivity index is 1.61. The lowest BCUT2D eigenvalue weighted by Gasteiger charge is -2.11. The van der Waals surface area contributed by atoms with Gasteiger partial charge in [-0.25, -0.2) is 4.98 Å². The van der Waals surface area contributed by atoms with Crippen molar-refractivity contribution in [3.05, 3.63) is 58.6 Å². The predicted octanol–water partition coefficient (Wildman–Crippen LogP) is 4.86. The van der Waals surface area contributed by atoms with E-state index in [0.717, 1.165) is 28.5 Å². The molecule has 9 heteroatoms. The number of rotatable bonds is 10. The molecule has 1 aromatic heterocycles. The predicted molar refractivity (Wildman–Crippen MR) is 124 cm³/mol. The molecule has 0 bridgehead atoms. The van der Waals surface area contributed by atoms with Crippen molar-refractivity contribution in [1.82, 2.24) is 4.98 Å². The molecule has 3 aromatic rings. The van der Waals surface area contributed by atoms with Crippen molar-refractivity contribution in [3.63, 3.8) is 0 Å². The Bertz CT molecular complexity index is 994. The molecule has 0 saturated carbocycles. The van der Waals surface area contributed by atoms with E-state index in [0.29, 0.717) is 27.9 Å². The maximum Gasteiger partial charge on any atom is 0.265 e. The topological polar surface area (TPSA) is 78.9 Å². The van der Waals surface area contributed by atoms with E-state index in [1.54, 1.807) is 44.2 Å². The zero-order chi connectivity index (χ0) is 22.2. The third-order valence-corrected chi connectivity index (χ3v) is 6.20. The number of hydrogen-bond donors (Lipinski definition) is 1. The van der Waals surface area contributed by atoms with Crippen molar-refractivity contribution in [3.8, 4) is 23.0 Å². The first kappa shape index (κ1) is 22.8. The lowest BCUT2D eigenvalue weighted by atomic mass is 10.1. The van der Waals surface area contributed by atoms with Crippen LogP contribution in [0.1, 0.15) is 21.6 Å². The van der Waals surface area contributed by atoms with Gasteiger partial charge in [-0.1, -0.05) is 6.07 Å². The van der Waals surface area contributed by atoms with Crippen LogP contribution in [0.3, 0.4) is 0 Å². The van der Waals surface area contributed by atoms with E-state index in [4.69, 9.17) is 18.9 Å². The zero-order valence-electron chi connectivity index (χ0n) is 17.8. The summed E-state index contributed by atoms with van der Waals surface area (Å²) < 4.78 is 21.2. The van der Waals surface area contributed by atoms with E-state index in [1.807, 2.05) is 23.6 Å². The Morgan fingerprint density at radius 3 is 2.19 bits per heavy atom. The van der Waals surface area contributed by atoms with Crippen molar-refractivity contribution in [1.29, 1.82) is 0 Å². The van der Waals surface area contributed by atoms with Crippen molar-refractivity contribution in [2.24, 2.45) is 0 Å². The Morgan fingerprint density at radius 1 is 0.968 bits per heavy atom. The first-order valence-electron chi connectivity index (χ1n) is 9.34. The highest BCUT2D eigenvalue weighted by molar-refractivity contribution is 7.97. The van der Waals surface area contributed by atoms with Gasteiger partial charge in [0, 0.05) is 23.0 Å². The van der Waals surface area contributed by atoms with Crippen molar-refractivity contribution in [2.45, 2.75) is 11.5 Å². The number of carbonyl (C=O) groups excluding carboxylic acids is 1. The van der Waals surface area contributed by atoms with Gasteiger partial charge in [-0.05, 0) is 29.8 Å². The number of carbonyl (C=O) groups is 1. The fraction of sp³-hybridized carbons (Fsp3) is 0.273. The number of methoxy groups -OCH3 is 4. The van der Waals surface area contributed by atoms with Gasteiger partial charge in [-0.2, -0.15) is 11.8 Å². The van der Waals surface area contributed by atoms with E-state index in [9.17, 15) is 4.79 Å². The second-order valence-corrected chi connectivity index (χ2v) is 8.19. The first-order valence-corrected chi connectivity index (χ1v) is 11.4. The molecule has 3 rings (SSSR count). The van der Waals surface area contributed by atoms with Crippen molar-refractivity contribution < 1.29 is 23.7 Å². The number of hydrogen-bond acceptors (Lipinski definition) is 8. The van der Waals surface area contributed by atoms with Gasteiger partial charge in [0.05, 0.1) is 34.1 Å². The average molecular weight is 461 g/mol. The van der Waals surface area contributed by atoms with E-state index in [-0.39, 0.29) is 5.91 Å². The van der Waals surface area contributed by atoms with Gasteiger partial charge in [0.25, 0.3) is 5.91 Å². The number of nitrogens with one attached hydrogen (secondary N) is 1. The van der Waals surface area contributed by atoms with E-state index < -0.39 is 0 Å². The van der Waals surface area contributed by atoms with E-state index in [1.165, 1.54) is 25.6 Å². The van der Waals surface area contributed by atoms with Gasteiger partial charge in [-0.15, -0.1) is 11.3 Å². The molecule has 2 aromatic carbocycles. The number of benzene rings is 2. The molecule has 1 heterocycles. The largest absolute Gasteiger partial charge is 0.497 e. The maximum atomic E-state index is 12.8. The molecular formula is C22H24N2O5S2. The smallest absolute Gasteiger partial charge is 0.265 e. The molecule has 0 atom stereocenters. The van der Waals surface area contributed by atoms with Crippen LogP contribution in [0, 0.1) is 0 Å². The summed E-state index contributed by atoms with van der Waals surface area (Å²) in [5.74, 6) is 3.58. The molecule has 0 radical (unpaired) electrons. The summed E-state index contributed by atoms with van der Waals surface area (Å²) in [6.07, 6.45) is 0. The zero-order valence-corrected chi connectivity index (χ0v) is 19.4. The number of ether oxygens (including phenoxy) is 4. The van der Waals surface area contributed by atoms with Crippen LogP contribution in [0.25, 0.3) is 0 Å². The molecule has 0 aliphatic carbocycles. The lowest BCUT2D eigenvalue weighted by molar-refractivity contribution is 0.102. The molecule has 0 spiro atoms. The van der Waals surface area contributed by atoms with Crippen molar-refractivity contribution >= 4 is 34.1 Å². The quantitative estimate of drug-likeness (QED) is 0.463. The van der Waals surface area contributed by atoms with Gasteiger partial charge >= 0.3 is 0 Å². The number of amides is 1. The van der Waals surface area contributed by atoms with Crippen molar-refractivity contribution in [2.75, 3.05) is 33.8 Å². The van der Waals surface area contributed by atoms with Crippen LogP contribution in [-0.2, 0) is 11.5 Å². The van der Waals surface area contributed by atoms with Crippen LogP contribution >= 0.6 is 23.1 Å². The highest BCUT2D eigenvalue weighted by Crippen LogP contribution is 2.30. The van der Waals surface area contributed by atoms with Crippen LogP contribution < -0.4 is 24.3 Å². The Labute approximate surface area is 189 Å². The molecule has 1 N–H and O–H groups in total. The van der Waals surface area contributed by atoms with E-state index >= 15 is 0 Å². The molecule has 31 heavy (non-hydrogen) atoms. The maximum absolute atomic E-state index is 12.8. The van der Waals surface area contributed by atoms with Gasteiger partial charge in [0.15, 0.2) is 5.13 Å². The minimum absolute atomic E-state index is 0.327. The standard InChI is InChI=1S/C22H24N2O5S2/c1-26-16-8-14(9-17(10-16)27-2)11-30-12-15-13-31-22(23-15)24-21(25)20-18(28-3)6-5-7-19(20)29-4/h5-10,13H,11-12H2,1-4H3,(H,23,24,25). The summed E-state index contributed by atoms with van der Waals surface area (Å²) in [6.45, 7) is 0. The summed E-state index contributed by atoms with van der Waals surface area (Å²) in [5.41, 5.74) is 2.34. The second kappa shape index (κ2) is 10.9. The van der Waals surface area contributed by atoms with Gasteiger partial charge in [0.2, 0.25) is 0 Å². The molecule has 0 saturated heterocycles. The van der Waals surface area contributed by atoms with Crippen LogP contribution in [0.2, 0.25) is 0 Å². The first-order chi connectivity index (χ1) is 15.1. The average Bonchev–Trinajstić information content (AvgIpc) is 3.24. The summed E-state index contributed by atoms with van der Waals surface area (Å²) >= 11 is 3.10. The highest BCUT2D eigenvalue weighted by atomic mass is 32.2. The second-order valence-electron chi connectivity index (χ2n) is 6.35. The van der Waals surface area contributed by atoms with Crippen LogP contribution in [0.5, 0.6) is 23.0 Å². The molecule has 164 valence electrons. The van der Waals surface area contributed by atoms with Gasteiger partial charge in [-0.3, -0.25) is 10.1 Å². The summed E-state index contributed by atoms with van der Waals surface area (Å²) in [5, 5.41) is 5.30. The molecule has 0 aliphatic heterocycles. The molecule has 0 unspecified atom stereocenters. The third kappa shape index (κ3) is 5.83. The SMILES string of the molecule is COc1cc(CSCc2csc(NC(=O)c3c(OC)cccc3OC)n2)cc(OC)c1. The summed E-state index contributed by atoms with van der Waals surface area (Å²) in [7, 11) is 6.30. The highest BCUT2D eigenvalue weighted by Gasteiger charge is 2.19. The number of thioether (sulfide) groups is 1. The lowest BCUT2D eigenvalue weighted by Crippen LogP contribution is -2.14. The Kier molecular flexibility index (Phi) is 8.02. The van der Waals surface area contributed by atoms with Crippen LogP contribution in [0.15, 0.2) is 41.8 Å². The molecule has 0 aliphatic rings. The Morgan fingerprint density at radius 2 is 1.61 bits per heavy atom. The summed E-state index contributed by atoms with van der Waals surface area (Å²) in [6, 6.07) is 11.0. The van der Waals surface area contributed by atoms with E-state index in [2.05, 4.69) is 10.3 Å². The fourth-order valence-electron chi connectivity index (χ4n) is 2.89. The normalized spacial score (nSPS) is 10.5.